The molecule has 3 rings (SSSR count). The van der Waals surface area contributed by atoms with Crippen LogP contribution in [0, 0.1) is 11.7 Å². The molecular formula is C19H26F2O3. The number of ether oxygens (including phenoxy) is 3. The fourth-order valence-electron chi connectivity index (χ4n) is 3.33. The monoisotopic (exact) mass is 340 g/mol. The molecule has 1 aromatic carbocycles. The molecule has 0 amide bonds. The molecule has 0 N–H and O–H groups in total. The molecule has 2 fully saturated rings. The van der Waals surface area contributed by atoms with Crippen LogP contribution in [0.2, 0.25) is 0 Å². The van der Waals surface area contributed by atoms with E-state index in [2.05, 4.69) is 0 Å². The summed E-state index contributed by atoms with van der Waals surface area (Å²) in [7, 11) is 0. The van der Waals surface area contributed by atoms with Gasteiger partial charge >= 0.3 is 0 Å². The number of aryl methyl sites for hydroxylation is 1. The van der Waals surface area contributed by atoms with E-state index in [4.69, 9.17) is 14.2 Å². The van der Waals surface area contributed by atoms with Crippen molar-refractivity contribution in [2.45, 2.75) is 57.6 Å². The smallest absolute Gasteiger partial charge is 0.162 e. The second kappa shape index (κ2) is 7.46. The molecule has 0 aliphatic carbocycles. The van der Waals surface area contributed by atoms with Crippen LogP contribution in [0.15, 0.2) is 18.2 Å². The van der Waals surface area contributed by atoms with Crippen molar-refractivity contribution < 1.29 is 23.0 Å². The van der Waals surface area contributed by atoms with Gasteiger partial charge in [0.1, 0.15) is 5.82 Å². The number of hydrogen-bond donors (Lipinski definition) is 0. The van der Waals surface area contributed by atoms with Gasteiger partial charge in [-0.15, -0.1) is 0 Å². The van der Waals surface area contributed by atoms with Crippen LogP contribution in [-0.4, -0.2) is 31.8 Å². The summed E-state index contributed by atoms with van der Waals surface area (Å²) in [6.45, 7) is 4.38. The average molecular weight is 340 g/mol. The highest BCUT2D eigenvalue weighted by Crippen LogP contribution is 2.35. The van der Waals surface area contributed by atoms with Crippen molar-refractivity contribution in [1.82, 2.24) is 0 Å². The molecule has 1 aromatic rings. The molecule has 2 aliphatic heterocycles. The Morgan fingerprint density at radius 3 is 2.42 bits per heavy atom. The number of alkyl halides is 1. The van der Waals surface area contributed by atoms with Crippen LogP contribution in [-0.2, 0) is 20.6 Å². The lowest BCUT2D eigenvalue weighted by atomic mass is 9.93. The van der Waals surface area contributed by atoms with Gasteiger partial charge in [0.2, 0.25) is 0 Å². The maximum absolute atomic E-state index is 14.1. The van der Waals surface area contributed by atoms with Crippen LogP contribution in [0.3, 0.4) is 0 Å². The van der Waals surface area contributed by atoms with E-state index in [9.17, 15) is 8.78 Å². The van der Waals surface area contributed by atoms with Crippen LogP contribution in [0.1, 0.15) is 50.3 Å². The second-order valence-corrected chi connectivity index (χ2v) is 6.86. The van der Waals surface area contributed by atoms with E-state index in [1.165, 1.54) is 0 Å². The van der Waals surface area contributed by atoms with Crippen molar-refractivity contribution in [2.24, 2.45) is 5.92 Å². The van der Waals surface area contributed by atoms with E-state index in [0.717, 1.165) is 24.0 Å². The summed E-state index contributed by atoms with van der Waals surface area (Å²) >= 11 is 0. The molecule has 2 unspecified atom stereocenters. The first kappa shape index (κ1) is 17.8. The summed E-state index contributed by atoms with van der Waals surface area (Å²) < 4.78 is 45.1. The average Bonchev–Trinajstić information content (AvgIpc) is 2.62. The lowest BCUT2D eigenvalue weighted by Crippen LogP contribution is -2.47. The zero-order valence-electron chi connectivity index (χ0n) is 14.4. The third-order valence-electron chi connectivity index (χ3n) is 5.17. The van der Waals surface area contributed by atoms with Gasteiger partial charge in [-0.05, 0) is 42.9 Å². The molecule has 134 valence electrons. The first-order chi connectivity index (χ1) is 11.5. The molecule has 24 heavy (non-hydrogen) atoms. The van der Waals surface area contributed by atoms with Crippen LogP contribution in [0.25, 0.3) is 0 Å². The summed E-state index contributed by atoms with van der Waals surface area (Å²) in [5, 5.41) is 0. The van der Waals surface area contributed by atoms with Gasteiger partial charge in [-0.1, -0.05) is 26.0 Å². The minimum Gasteiger partial charge on any atom is -0.373 e. The Hall–Kier alpha value is -1.04. The highest BCUT2D eigenvalue weighted by molar-refractivity contribution is 5.26. The van der Waals surface area contributed by atoms with E-state index in [-0.39, 0.29) is 31.1 Å². The molecule has 0 radical (unpaired) electrons. The lowest BCUT2D eigenvalue weighted by Gasteiger charge is -2.39. The van der Waals surface area contributed by atoms with Gasteiger partial charge in [0, 0.05) is 5.92 Å². The Labute approximate surface area is 142 Å². The highest BCUT2D eigenvalue weighted by Gasteiger charge is 2.39. The predicted molar refractivity (Wildman–Crippen MR) is 87.0 cm³/mol. The Balaban J connectivity index is 1.54. The van der Waals surface area contributed by atoms with Gasteiger partial charge < -0.3 is 14.2 Å². The van der Waals surface area contributed by atoms with Crippen LogP contribution < -0.4 is 0 Å². The SMILES string of the molecule is CCc1ccc(C2CCC(C3OCC(F)(CC)CO3)CO2)cc1F. The van der Waals surface area contributed by atoms with Crippen molar-refractivity contribution in [3.8, 4) is 0 Å². The zero-order valence-corrected chi connectivity index (χ0v) is 14.4. The molecule has 3 nitrogen and oxygen atoms in total. The minimum absolute atomic E-state index is 0.0811. The molecule has 2 aliphatic rings. The summed E-state index contributed by atoms with van der Waals surface area (Å²) in [6.07, 6.45) is 2.22. The summed E-state index contributed by atoms with van der Waals surface area (Å²) in [6, 6.07) is 5.36. The van der Waals surface area contributed by atoms with E-state index in [1.54, 1.807) is 13.0 Å². The molecule has 2 heterocycles. The van der Waals surface area contributed by atoms with Crippen LogP contribution in [0.5, 0.6) is 0 Å². The molecule has 2 atom stereocenters. The first-order valence-corrected chi connectivity index (χ1v) is 8.86. The Kier molecular flexibility index (Phi) is 5.52. The predicted octanol–water partition coefficient (Wildman–Crippen LogP) is 4.35. The number of benzene rings is 1. The topological polar surface area (TPSA) is 27.7 Å². The van der Waals surface area contributed by atoms with Crippen molar-refractivity contribution in [1.29, 1.82) is 0 Å². The van der Waals surface area contributed by atoms with Gasteiger partial charge in [0.25, 0.3) is 0 Å². The van der Waals surface area contributed by atoms with E-state index in [0.29, 0.717) is 19.4 Å². The third-order valence-corrected chi connectivity index (χ3v) is 5.17. The number of halogens is 2. The summed E-state index contributed by atoms with van der Waals surface area (Å²) in [5.41, 5.74) is 0.233. The van der Waals surface area contributed by atoms with Crippen molar-refractivity contribution in [2.75, 3.05) is 19.8 Å². The largest absolute Gasteiger partial charge is 0.373 e. The fraction of sp³-hybridized carbons (Fsp3) is 0.684. The molecule has 0 saturated carbocycles. The maximum Gasteiger partial charge on any atom is 0.162 e. The second-order valence-electron chi connectivity index (χ2n) is 6.86. The van der Waals surface area contributed by atoms with Gasteiger partial charge in [0.15, 0.2) is 12.0 Å². The number of rotatable bonds is 4. The Bertz CT molecular complexity index is 548. The van der Waals surface area contributed by atoms with Gasteiger partial charge in [0.05, 0.1) is 25.9 Å². The summed E-state index contributed by atoms with van der Waals surface area (Å²) in [4.78, 5) is 0. The molecule has 5 heteroatoms. The van der Waals surface area contributed by atoms with Crippen molar-refractivity contribution >= 4 is 0 Å². The van der Waals surface area contributed by atoms with Gasteiger partial charge in [-0.25, -0.2) is 8.78 Å². The Morgan fingerprint density at radius 2 is 1.88 bits per heavy atom. The molecule has 2 saturated heterocycles. The first-order valence-electron chi connectivity index (χ1n) is 8.86. The van der Waals surface area contributed by atoms with Crippen molar-refractivity contribution in [3.05, 3.63) is 35.1 Å². The molecule has 0 bridgehead atoms. The molecule has 0 aromatic heterocycles. The standard InChI is InChI=1S/C19H26F2O3/c1-3-13-5-6-14(9-16(13)20)17-8-7-15(10-22-17)18-23-11-19(21,4-2)12-24-18/h5-6,9,15,17-18H,3-4,7-8,10-12H2,1-2H3. The van der Waals surface area contributed by atoms with Gasteiger partial charge in [-0.3, -0.25) is 0 Å². The van der Waals surface area contributed by atoms with Crippen LogP contribution >= 0.6 is 0 Å². The quantitative estimate of drug-likeness (QED) is 0.816. The van der Waals surface area contributed by atoms with E-state index >= 15 is 0 Å². The lowest BCUT2D eigenvalue weighted by molar-refractivity contribution is -0.265. The van der Waals surface area contributed by atoms with E-state index < -0.39 is 12.0 Å². The molecular weight excluding hydrogens is 314 g/mol. The maximum atomic E-state index is 14.1. The normalized spacial score (nSPS) is 34.2. The minimum atomic E-state index is -1.37. The molecule has 0 spiro atoms. The Morgan fingerprint density at radius 1 is 1.12 bits per heavy atom. The third kappa shape index (κ3) is 3.79. The van der Waals surface area contributed by atoms with Gasteiger partial charge in [-0.2, -0.15) is 0 Å². The van der Waals surface area contributed by atoms with Crippen LogP contribution in [0.4, 0.5) is 8.78 Å². The van der Waals surface area contributed by atoms with E-state index in [1.807, 2.05) is 19.1 Å². The number of hydrogen-bond acceptors (Lipinski definition) is 3. The summed E-state index contributed by atoms with van der Waals surface area (Å²) in [5.74, 6) is -0.0686. The van der Waals surface area contributed by atoms with Crippen molar-refractivity contribution in [3.63, 3.8) is 0 Å². The fourth-order valence-corrected chi connectivity index (χ4v) is 3.33. The highest BCUT2D eigenvalue weighted by atomic mass is 19.1. The zero-order chi connectivity index (χ0) is 17.2.